The molecule has 0 aliphatic heterocycles. The summed E-state index contributed by atoms with van der Waals surface area (Å²) in [7, 11) is 0. The molecule has 0 N–H and O–H groups in total. The second-order valence-electron chi connectivity index (χ2n) is 3.10. The molecular weight excluding hydrogens is 215 g/mol. The van der Waals surface area contributed by atoms with Crippen LogP contribution in [0.2, 0.25) is 0 Å². The van der Waals surface area contributed by atoms with E-state index < -0.39 is 16.4 Å². The lowest BCUT2D eigenvalue weighted by Gasteiger charge is -2.02. The number of hydrogen-bond donors (Lipinski definition) is 0. The van der Waals surface area contributed by atoms with E-state index in [4.69, 9.17) is 0 Å². The van der Waals surface area contributed by atoms with E-state index in [1.165, 1.54) is 29.5 Å². The minimum atomic E-state index is -0.831. The van der Waals surface area contributed by atoms with E-state index in [0.717, 1.165) is 6.07 Å². The molecule has 0 amide bonds. The van der Waals surface area contributed by atoms with Gasteiger partial charge in [0.05, 0.1) is 11.5 Å². The van der Waals surface area contributed by atoms with Crippen molar-refractivity contribution in [2.24, 2.45) is 0 Å². The summed E-state index contributed by atoms with van der Waals surface area (Å²) in [6.07, 6.45) is 2.73. The van der Waals surface area contributed by atoms with Gasteiger partial charge in [0.25, 0.3) is 0 Å². The van der Waals surface area contributed by atoms with E-state index >= 15 is 0 Å². The van der Waals surface area contributed by atoms with Crippen molar-refractivity contribution in [1.82, 2.24) is 14.8 Å². The number of benzene rings is 1. The van der Waals surface area contributed by atoms with Crippen LogP contribution in [-0.2, 0) is 6.54 Å². The molecule has 1 heterocycles. The van der Waals surface area contributed by atoms with Crippen LogP contribution in [0.4, 0.5) is 10.1 Å². The lowest BCUT2D eigenvalue weighted by atomic mass is 10.2. The van der Waals surface area contributed by atoms with Crippen molar-refractivity contribution in [3.8, 4) is 0 Å². The smallest absolute Gasteiger partial charge is 0.258 e. The molecule has 1 aromatic carbocycles. The Balaban J connectivity index is 2.35. The largest absolute Gasteiger partial charge is 0.305 e. The van der Waals surface area contributed by atoms with Crippen LogP contribution < -0.4 is 0 Å². The summed E-state index contributed by atoms with van der Waals surface area (Å²) in [6.45, 7) is 0.119. The standard InChI is InChI=1S/C9H7FN4O2/c10-9-7(4-13-6-11-5-12-13)2-1-3-8(9)14(15)16/h1-3,5-6H,4H2. The second-order valence-corrected chi connectivity index (χ2v) is 3.10. The molecule has 0 spiro atoms. The Hall–Kier alpha value is -2.31. The van der Waals surface area contributed by atoms with Gasteiger partial charge in [0, 0.05) is 11.6 Å². The van der Waals surface area contributed by atoms with Crippen molar-refractivity contribution in [3.63, 3.8) is 0 Å². The van der Waals surface area contributed by atoms with Gasteiger partial charge in [-0.25, -0.2) is 9.67 Å². The number of halogens is 1. The van der Waals surface area contributed by atoms with Gasteiger partial charge in [-0.3, -0.25) is 10.1 Å². The molecule has 0 atom stereocenters. The molecule has 0 aliphatic carbocycles. The molecule has 0 saturated carbocycles. The van der Waals surface area contributed by atoms with Crippen molar-refractivity contribution in [3.05, 3.63) is 52.3 Å². The van der Waals surface area contributed by atoms with Gasteiger partial charge < -0.3 is 0 Å². The maximum Gasteiger partial charge on any atom is 0.305 e. The van der Waals surface area contributed by atoms with Crippen LogP contribution in [-0.4, -0.2) is 19.7 Å². The van der Waals surface area contributed by atoms with E-state index in [1.54, 1.807) is 0 Å². The van der Waals surface area contributed by atoms with Crippen LogP contribution in [0.3, 0.4) is 0 Å². The van der Waals surface area contributed by atoms with Crippen molar-refractivity contribution >= 4 is 5.69 Å². The van der Waals surface area contributed by atoms with E-state index in [-0.39, 0.29) is 12.1 Å². The van der Waals surface area contributed by atoms with Crippen LogP contribution in [0, 0.1) is 15.9 Å². The Morgan fingerprint density at radius 2 is 2.31 bits per heavy atom. The average molecular weight is 222 g/mol. The molecule has 0 aliphatic rings. The van der Waals surface area contributed by atoms with Gasteiger partial charge in [0.15, 0.2) is 0 Å². The first kappa shape index (κ1) is 10.2. The number of rotatable bonds is 3. The molecule has 2 rings (SSSR count). The summed E-state index contributed by atoms with van der Waals surface area (Å²) >= 11 is 0. The van der Waals surface area contributed by atoms with Crippen LogP contribution in [0.15, 0.2) is 30.9 Å². The highest BCUT2D eigenvalue weighted by molar-refractivity contribution is 5.36. The van der Waals surface area contributed by atoms with E-state index in [1.807, 2.05) is 0 Å². The summed E-state index contributed by atoms with van der Waals surface area (Å²) in [4.78, 5) is 13.5. The quantitative estimate of drug-likeness (QED) is 0.580. The predicted octanol–water partition coefficient (Wildman–Crippen LogP) is 1.37. The number of aromatic nitrogens is 3. The molecule has 0 bridgehead atoms. The third kappa shape index (κ3) is 1.88. The number of nitro groups is 1. The summed E-state index contributed by atoms with van der Waals surface area (Å²) in [5.74, 6) is -0.831. The highest BCUT2D eigenvalue weighted by atomic mass is 19.1. The molecular formula is C9H7FN4O2. The SMILES string of the molecule is O=[N+]([O-])c1cccc(Cn2cncn2)c1F. The topological polar surface area (TPSA) is 73.8 Å². The van der Waals surface area contributed by atoms with Gasteiger partial charge in [-0.15, -0.1) is 0 Å². The lowest BCUT2D eigenvalue weighted by molar-refractivity contribution is -0.387. The van der Waals surface area contributed by atoms with Gasteiger partial charge in [0.1, 0.15) is 12.7 Å². The molecule has 16 heavy (non-hydrogen) atoms. The molecule has 0 saturated heterocycles. The zero-order valence-corrected chi connectivity index (χ0v) is 8.08. The number of nitrogens with zero attached hydrogens (tertiary/aromatic N) is 4. The van der Waals surface area contributed by atoms with E-state index in [9.17, 15) is 14.5 Å². The van der Waals surface area contributed by atoms with Gasteiger partial charge in [-0.05, 0) is 0 Å². The first-order valence-electron chi connectivity index (χ1n) is 4.42. The Labute approximate surface area is 89.5 Å². The van der Waals surface area contributed by atoms with Crippen molar-refractivity contribution < 1.29 is 9.31 Å². The number of hydrogen-bond acceptors (Lipinski definition) is 4. The molecule has 82 valence electrons. The van der Waals surface area contributed by atoms with Crippen LogP contribution >= 0.6 is 0 Å². The minimum absolute atomic E-state index is 0.119. The third-order valence-corrected chi connectivity index (χ3v) is 2.05. The Bertz CT molecular complexity index is 512. The van der Waals surface area contributed by atoms with Crippen LogP contribution in [0.1, 0.15) is 5.56 Å². The van der Waals surface area contributed by atoms with Gasteiger partial charge in [-0.1, -0.05) is 12.1 Å². The maximum absolute atomic E-state index is 13.6. The Kier molecular flexibility index (Phi) is 2.59. The lowest BCUT2D eigenvalue weighted by Crippen LogP contribution is -2.04. The fourth-order valence-corrected chi connectivity index (χ4v) is 1.32. The van der Waals surface area contributed by atoms with E-state index in [0.29, 0.717) is 0 Å². The monoisotopic (exact) mass is 222 g/mol. The number of nitro benzene ring substituents is 1. The summed E-state index contributed by atoms with van der Waals surface area (Å²) < 4.78 is 15.0. The summed E-state index contributed by atoms with van der Waals surface area (Å²) in [5.41, 5.74) is -0.322. The average Bonchev–Trinajstić information content (AvgIpc) is 2.73. The minimum Gasteiger partial charge on any atom is -0.258 e. The fraction of sp³-hybridized carbons (Fsp3) is 0.111. The zero-order valence-electron chi connectivity index (χ0n) is 8.08. The van der Waals surface area contributed by atoms with E-state index in [2.05, 4.69) is 10.1 Å². The molecule has 0 fully saturated rings. The van der Waals surface area contributed by atoms with Crippen molar-refractivity contribution in [1.29, 1.82) is 0 Å². The Morgan fingerprint density at radius 3 is 2.94 bits per heavy atom. The summed E-state index contributed by atoms with van der Waals surface area (Å²) in [6, 6.07) is 4.04. The molecule has 0 unspecified atom stereocenters. The zero-order chi connectivity index (χ0) is 11.5. The normalized spacial score (nSPS) is 10.3. The predicted molar refractivity (Wildman–Crippen MR) is 52.2 cm³/mol. The second kappa shape index (κ2) is 4.05. The van der Waals surface area contributed by atoms with Gasteiger partial charge in [-0.2, -0.15) is 9.49 Å². The summed E-state index contributed by atoms with van der Waals surface area (Å²) in [5, 5.41) is 14.3. The van der Waals surface area contributed by atoms with Gasteiger partial charge in [0.2, 0.25) is 5.82 Å². The highest BCUT2D eigenvalue weighted by Crippen LogP contribution is 2.20. The van der Waals surface area contributed by atoms with Crippen LogP contribution in [0.5, 0.6) is 0 Å². The fourth-order valence-electron chi connectivity index (χ4n) is 1.32. The first-order chi connectivity index (χ1) is 7.68. The first-order valence-corrected chi connectivity index (χ1v) is 4.42. The highest BCUT2D eigenvalue weighted by Gasteiger charge is 2.17. The Morgan fingerprint density at radius 1 is 1.50 bits per heavy atom. The van der Waals surface area contributed by atoms with Crippen LogP contribution in [0.25, 0.3) is 0 Å². The molecule has 0 radical (unpaired) electrons. The van der Waals surface area contributed by atoms with Gasteiger partial charge >= 0.3 is 5.69 Å². The maximum atomic E-state index is 13.6. The molecule has 7 heteroatoms. The molecule has 2 aromatic rings. The van der Waals surface area contributed by atoms with Crippen molar-refractivity contribution in [2.75, 3.05) is 0 Å². The molecule has 6 nitrogen and oxygen atoms in total. The molecule has 1 aromatic heterocycles. The van der Waals surface area contributed by atoms with Crippen molar-refractivity contribution in [2.45, 2.75) is 6.54 Å². The third-order valence-electron chi connectivity index (χ3n) is 2.05.